The molecule has 0 atom stereocenters. The first kappa shape index (κ1) is 17.7. The number of nitroso groups, excluding NO2 is 1. The Bertz CT molecular complexity index is 1200. The number of carboxylic acids is 1. The van der Waals surface area contributed by atoms with E-state index in [4.69, 9.17) is 10.8 Å². The predicted molar refractivity (Wildman–Crippen MR) is 107 cm³/mol. The highest BCUT2D eigenvalue weighted by Gasteiger charge is 2.12. The van der Waals surface area contributed by atoms with E-state index >= 15 is 0 Å². The highest BCUT2D eigenvalue weighted by Crippen LogP contribution is 2.32. The van der Waals surface area contributed by atoms with Crippen molar-refractivity contribution < 1.29 is 9.90 Å². The number of nitrogens with one attached hydrogen (secondary N) is 2. The van der Waals surface area contributed by atoms with Crippen LogP contribution < -0.4 is 5.73 Å². The Morgan fingerprint density at radius 1 is 1.14 bits per heavy atom. The Labute approximate surface area is 162 Å². The number of benzene rings is 2. The molecule has 0 spiro atoms. The van der Waals surface area contributed by atoms with E-state index in [0.717, 1.165) is 33.8 Å². The van der Waals surface area contributed by atoms with Crippen molar-refractivity contribution in [3.05, 3.63) is 47.4 Å². The zero-order valence-corrected chi connectivity index (χ0v) is 15.2. The Hall–Kier alpha value is -3.66. The molecule has 0 aliphatic rings. The number of rotatable bonds is 6. The van der Waals surface area contributed by atoms with Gasteiger partial charge in [-0.05, 0) is 52.7 Å². The summed E-state index contributed by atoms with van der Waals surface area (Å²) < 4.78 is 0. The van der Waals surface area contributed by atoms with Gasteiger partial charge >= 0.3 is 5.97 Å². The van der Waals surface area contributed by atoms with Crippen LogP contribution in [0.15, 0.2) is 52.8 Å². The molecule has 0 unspecified atom stereocenters. The van der Waals surface area contributed by atoms with Crippen LogP contribution >= 0.6 is 11.8 Å². The van der Waals surface area contributed by atoms with Gasteiger partial charge in [0.2, 0.25) is 5.16 Å². The van der Waals surface area contributed by atoms with Crippen LogP contribution in [0, 0.1) is 4.91 Å². The number of fused-ring (bicyclic) bond motifs is 1. The molecule has 2 aromatic heterocycles. The number of nitrogen functional groups attached to an aromatic ring is 1. The van der Waals surface area contributed by atoms with E-state index in [-0.39, 0.29) is 11.4 Å². The fourth-order valence-corrected chi connectivity index (χ4v) is 3.39. The molecule has 5 N–H and O–H groups in total. The van der Waals surface area contributed by atoms with E-state index in [1.54, 1.807) is 12.1 Å². The van der Waals surface area contributed by atoms with E-state index in [2.05, 4.69) is 25.3 Å². The molecule has 140 valence electrons. The Balaban J connectivity index is 1.73. The Kier molecular flexibility index (Phi) is 4.53. The first-order chi connectivity index (χ1) is 13.5. The van der Waals surface area contributed by atoms with Crippen LogP contribution in [0.4, 0.5) is 11.5 Å². The SMILES string of the molecule is Nc1cc2cc(-c3cc(N=O)cc(-c4nc(SCC(=O)O)n[nH]4)c3)ccc2[nH]1. The molecule has 2 heterocycles. The number of hydrogen-bond acceptors (Lipinski definition) is 7. The highest BCUT2D eigenvalue weighted by atomic mass is 32.2. The van der Waals surface area contributed by atoms with Crippen molar-refractivity contribution in [2.24, 2.45) is 5.18 Å². The van der Waals surface area contributed by atoms with Crippen molar-refractivity contribution in [3.63, 3.8) is 0 Å². The van der Waals surface area contributed by atoms with E-state index in [0.29, 0.717) is 22.4 Å². The van der Waals surface area contributed by atoms with Crippen LogP contribution in [0.5, 0.6) is 0 Å². The maximum absolute atomic E-state index is 11.2. The van der Waals surface area contributed by atoms with Gasteiger partial charge in [-0.15, -0.1) is 10.0 Å². The second-order valence-corrected chi connectivity index (χ2v) is 6.98. The Morgan fingerprint density at radius 3 is 2.75 bits per heavy atom. The van der Waals surface area contributed by atoms with Crippen LogP contribution in [0.25, 0.3) is 33.4 Å². The molecule has 4 aromatic rings. The average Bonchev–Trinajstić information content (AvgIpc) is 3.30. The van der Waals surface area contributed by atoms with Gasteiger partial charge in [0.05, 0.1) is 5.75 Å². The van der Waals surface area contributed by atoms with Crippen molar-refractivity contribution in [2.45, 2.75) is 5.16 Å². The van der Waals surface area contributed by atoms with Gasteiger partial charge in [-0.25, -0.2) is 4.98 Å². The molecule has 0 bridgehead atoms. The van der Waals surface area contributed by atoms with Gasteiger partial charge in [0.1, 0.15) is 11.5 Å². The largest absolute Gasteiger partial charge is 0.481 e. The second-order valence-electron chi connectivity index (χ2n) is 6.04. The molecule has 28 heavy (non-hydrogen) atoms. The number of hydrogen-bond donors (Lipinski definition) is 4. The zero-order valence-electron chi connectivity index (χ0n) is 14.3. The molecular formula is C18H14N6O3S. The lowest BCUT2D eigenvalue weighted by molar-refractivity contribution is -0.133. The number of thioether (sulfide) groups is 1. The standard InChI is InChI=1S/C18H14N6O3S/c19-15-7-11-3-9(1-2-14(11)20-15)10-4-12(6-13(5-10)24-27)17-21-18(23-22-17)28-8-16(25)26/h1-7,20H,8,19H2,(H,25,26)(H,21,22,23). The molecular weight excluding hydrogens is 380 g/mol. The maximum Gasteiger partial charge on any atom is 0.313 e. The van der Waals surface area contributed by atoms with Crippen LogP contribution in [-0.4, -0.2) is 37.0 Å². The van der Waals surface area contributed by atoms with Gasteiger partial charge in [0, 0.05) is 16.5 Å². The summed E-state index contributed by atoms with van der Waals surface area (Å²) in [4.78, 5) is 29.2. The van der Waals surface area contributed by atoms with Crippen molar-refractivity contribution >= 4 is 40.1 Å². The topological polar surface area (TPSA) is 150 Å². The van der Waals surface area contributed by atoms with Gasteiger partial charge in [-0.3, -0.25) is 9.89 Å². The molecule has 0 radical (unpaired) electrons. The summed E-state index contributed by atoms with van der Waals surface area (Å²) in [5.41, 5.74) is 9.26. The minimum Gasteiger partial charge on any atom is -0.481 e. The average molecular weight is 394 g/mol. The third-order valence-corrected chi connectivity index (χ3v) is 4.89. The van der Waals surface area contributed by atoms with E-state index in [1.165, 1.54) is 0 Å². The molecule has 0 aliphatic heterocycles. The molecule has 10 heteroatoms. The normalized spacial score (nSPS) is 11.0. The van der Waals surface area contributed by atoms with Gasteiger partial charge in [0.15, 0.2) is 5.82 Å². The van der Waals surface area contributed by atoms with Crippen LogP contribution in [0.1, 0.15) is 0 Å². The predicted octanol–water partition coefficient (Wildman–Crippen LogP) is 3.78. The molecule has 0 aliphatic carbocycles. The summed E-state index contributed by atoms with van der Waals surface area (Å²) in [5, 5.41) is 19.9. The lowest BCUT2D eigenvalue weighted by Crippen LogP contribution is -1.97. The van der Waals surface area contributed by atoms with Crippen molar-refractivity contribution in [1.82, 2.24) is 20.2 Å². The minimum atomic E-state index is -0.952. The summed E-state index contributed by atoms with van der Waals surface area (Å²) in [6.45, 7) is 0. The summed E-state index contributed by atoms with van der Waals surface area (Å²) >= 11 is 1.00. The molecule has 0 amide bonds. The van der Waals surface area contributed by atoms with Gasteiger partial charge in [-0.1, -0.05) is 17.8 Å². The summed E-state index contributed by atoms with van der Waals surface area (Å²) in [5.74, 6) is -0.0967. The number of aromatic nitrogens is 4. The molecule has 2 aromatic carbocycles. The van der Waals surface area contributed by atoms with Crippen molar-refractivity contribution in [1.29, 1.82) is 0 Å². The first-order valence-corrected chi connectivity index (χ1v) is 9.15. The second kappa shape index (κ2) is 7.16. The van der Waals surface area contributed by atoms with Gasteiger partial charge in [-0.2, -0.15) is 0 Å². The third-order valence-electron chi connectivity index (χ3n) is 4.06. The number of carbonyl (C=O) groups is 1. The minimum absolute atomic E-state index is 0.141. The number of aliphatic carboxylic acids is 1. The Morgan fingerprint density at radius 2 is 1.96 bits per heavy atom. The molecule has 0 fully saturated rings. The molecule has 0 saturated heterocycles. The monoisotopic (exact) mass is 394 g/mol. The lowest BCUT2D eigenvalue weighted by atomic mass is 10.0. The first-order valence-electron chi connectivity index (χ1n) is 8.16. The number of carboxylic acid groups (broad SMARTS) is 1. The molecule has 4 rings (SSSR count). The number of anilines is 1. The fourth-order valence-electron chi connectivity index (χ4n) is 2.87. The van der Waals surface area contributed by atoms with E-state index < -0.39 is 5.97 Å². The van der Waals surface area contributed by atoms with E-state index in [1.807, 2.05) is 30.3 Å². The van der Waals surface area contributed by atoms with Crippen LogP contribution in [0.2, 0.25) is 0 Å². The number of nitrogens with two attached hydrogens (primary N) is 1. The van der Waals surface area contributed by atoms with Crippen molar-refractivity contribution in [3.8, 4) is 22.5 Å². The third kappa shape index (κ3) is 3.58. The van der Waals surface area contributed by atoms with E-state index in [9.17, 15) is 9.70 Å². The summed E-state index contributed by atoms with van der Waals surface area (Å²) in [6, 6.07) is 12.8. The van der Waals surface area contributed by atoms with Crippen LogP contribution in [-0.2, 0) is 4.79 Å². The quantitative estimate of drug-likeness (QED) is 0.287. The van der Waals surface area contributed by atoms with Gasteiger partial charge < -0.3 is 15.8 Å². The summed E-state index contributed by atoms with van der Waals surface area (Å²) in [6.07, 6.45) is 0. The lowest BCUT2D eigenvalue weighted by Gasteiger charge is -2.06. The number of nitrogens with zero attached hydrogens (tertiary/aromatic N) is 3. The summed E-state index contributed by atoms with van der Waals surface area (Å²) in [7, 11) is 0. The fraction of sp³-hybridized carbons (Fsp3) is 0.0556. The number of H-pyrrole nitrogens is 2. The van der Waals surface area contributed by atoms with Crippen LogP contribution in [0.3, 0.4) is 0 Å². The van der Waals surface area contributed by atoms with Gasteiger partial charge in [0.25, 0.3) is 0 Å². The van der Waals surface area contributed by atoms with Crippen molar-refractivity contribution in [2.75, 3.05) is 11.5 Å². The smallest absolute Gasteiger partial charge is 0.313 e. The molecule has 9 nitrogen and oxygen atoms in total. The molecule has 0 saturated carbocycles. The zero-order chi connectivity index (χ0) is 19.7. The maximum atomic E-state index is 11.2. The number of aromatic amines is 2. The highest BCUT2D eigenvalue weighted by molar-refractivity contribution is 7.99.